The molecule has 0 atom stereocenters. The highest BCUT2D eigenvalue weighted by Gasteiger charge is 2.23. The number of nitriles is 1. The average molecular weight is 581 g/mol. The van der Waals surface area contributed by atoms with Crippen LogP contribution in [0.15, 0.2) is 53.6 Å². The first-order valence-electron chi connectivity index (χ1n) is 13.3. The van der Waals surface area contributed by atoms with Crippen LogP contribution >= 0.6 is 11.9 Å². The van der Waals surface area contributed by atoms with E-state index in [0.29, 0.717) is 18.2 Å². The topological polar surface area (TPSA) is 118 Å². The lowest BCUT2D eigenvalue weighted by molar-refractivity contribution is -0.118. The summed E-state index contributed by atoms with van der Waals surface area (Å²) in [4.78, 5) is 31.3. The van der Waals surface area contributed by atoms with Crippen LogP contribution in [0.5, 0.6) is 5.75 Å². The quantitative estimate of drug-likeness (QED) is 0.271. The van der Waals surface area contributed by atoms with E-state index in [1.54, 1.807) is 17.3 Å². The van der Waals surface area contributed by atoms with Crippen LogP contribution in [0.4, 0.5) is 14.5 Å². The van der Waals surface area contributed by atoms with Gasteiger partial charge in [-0.3, -0.25) is 9.78 Å². The van der Waals surface area contributed by atoms with Crippen molar-refractivity contribution in [3.05, 3.63) is 82.7 Å². The second-order valence-corrected chi connectivity index (χ2v) is 11.0. The summed E-state index contributed by atoms with van der Waals surface area (Å²) in [5.41, 5.74) is 1.30. The maximum atomic E-state index is 14.0. The summed E-state index contributed by atoms with van der Waals surface area (Å²) < 4.78 is 29.4. The number of carboxylic acid groups (broad SMARTS) is 1. The third-order valence-corrected chi connectivity index (χ3v) is 8.18. The number of benzene rings is 2. The highest BCUT2D eigenvalue weighted by molar-refractivity contribution is 7.97. The largest absolute Gasteiger partial charge is 0.507 e. The fourth-order valence-electron chi connectivity index (χ4n) is 4.85. The molecule has 0 unspecified atom stereocenters. The van der Waals surface area contributed by atoms with Gasteiger partial charge in [0.25, 0.3) is 0 Å². The Morgan fingerprint density at radius 1 is 1.12 bits per heavy atom. The number of hydrogen-bond acceptors (Lipinski definition) is 7. The number of carboxylic acids is 1. The number of carbonyl (C=O) groups excluding carboxylic acids is 1. The molecule has 0 spiro atoms. The first kappa shape index (κ1) is 30.0. The molecule has 0 aliphatic heterocycles. The Labute approximate surface area is 241 Å². The Morgan fingerprint density at radius 2 is 1.88 bits per heavy atom. The monoisotopic (exact) mass is 580 g/mol. The normalized spacial score (nSPS) is 13.6. The van der Waals surface area contributed by atoms with Crippen molar-refractivity contribution in [2.24, 2.45) is 0 Å². The number of anilines is 1. The number of rotatable bonds is 10. The van der Waals surface area contributed by atoms with E-state index in [4.69, 9.17) is 5.26 Å². The standard InChI is InChI=1S/C30H30F2N4O4S/c1-2-35(41-24-12-21(15-33)29(32)26(31)14-24)18-28(38)36(23-10-11-25(30(39)40)27(37)13-23)17-22-9-8-20(16-34-22)19-6-4-3-5-7-19/h8-14,16,19,37H,2-7,17-18H2,1H3,(H,39,40). The summed E-state index contributed by atoms with van der Waals surface area (Å²) in [7, 11) is 0. The minimum Gasteiger partial charge on any atom is -0.507 e. The van der Waals surface area contributed by atoms with E-state index in [9.17, 15) is 28.6 Å². The second kappa shape index (κ2) is 13.6. The molecule has 0 radical (unpaired) electrons. The predicted octanol–water partition coefficient (Wildman–Crippen LogP) is 6.25. The van der Waals surface area contributed by atoms with Gasteiger partial charge < -0.3 is 15.1 Å². The summed E-state index contributed by atoms with van der Waals surface area (Å²) in [5.74, 6) is -4.11. The van der Waals surface area contributed by atoms with Gasteiger partial charge in [0.1, 0.15) is 17.4 Å². The van der Waals surface area contributed by atoms with Gasteiger partial charge in [-0.15, -0.1) is 0 Å². The van der Waals surface area contributed by atoms with Crippen LogP contribution in [0.25, 0.3) is 0 Å². The van der Waals surface area contributed by atoms with Gasteiger partial charge in [0.2, 0.25) is 5.91 Å². The zero-order valence-electron chi connectivity index (χ0n) is 22.5. The van der Waals surface area contributed by atoms with Crippen molar-refractivity contribution in [1.29, 1.82) is 5.26 Å². The van der Waals surface area contributed by atoms with Gasteiger partial charge in [-0.1, -0.05) is 32.3 Å². The lowest BCUT2D eigenvalue weighted by Gasteiger charge is -2.27. The molecule has 2 aromatic carbocycles. The molecule has 1 amide bonds. The van der Waals surface area contributed by atoms with E-state index in [0.717, 1.165) is 36.4 Å². The SMILES string of the molecule is CCN(CC(=O)N(Cc1ccc(C2CCCCC2)cn1)c1ccc(C(=O)O)c(O)c1)Sc1cc(F)c(F)c(C#N)c1. The van der Waals surface area contributed by atoms with Gasteiger partial charge in [-0.05, 0) is 66.6 Å². The molecule has 2 N–H and O–H groups in total. The number of aromatic carboxylic acids is 1. The highest BCUT2D eigenvalue weighted by atomic mass is 32.2. The number of nitrogens with zero attached hydrogens (tertiary/aromatic N) is 4. The Bertz CT molecular complexity index is 1460. The highest BCUT2D eigenvalue weighted by Crippen LogP contribution is 2.33. The van der Waals surface area contributed by atoms with Crippen LogP contribution in [0, 0.1) is 23.0 Å². The first-order valence-corrected chi connectivity index (χ1v) is 14.1. The number of carbonyl (C=O) groups is 2. The number of amides is 1. The fraction of sp³-hybridized carbons (Fsp3) is 0.333. The van der Waals surface area contributed by atoms with Gasteiger partial charge in [0.05, 0.1) is 24.3 Å². The van der Waals surface area contributed by atoms with Gasteiger partial charge in [-0.2, -0.15) is 5.26 Å². The van der Waals surface area contributed by atoms with E-state index >= 15 is 0 Å². The third-order valence-electron chi connectivity index (χ3n) is 7.09. The maximum Gasteiger partial charge on any atom is 0.339 e. The molecule has 1 fully saturated rings. The molecule has 3 aromatic rings. The minimum atomic E-state index is -1.30. The summed E-state index contributed by atoms with van der Waals surface area (Å²) in [6, 6.07) is 11.6. The number of hydrogen-bond donors (Lipinski definition) is 2. The molecule has 8 nitrogen and oxygen atoms in total. The molecule has 0 bridgehead atoms. The molecule has 214 valence electrons. The fourth-order valence-corrected chi connectivity index (χ4v) is 5.78. The maximum absolute atomic E-state index is 14.0. The molecule has 11 heteroatoms. The van der Waals surface area contributed by atoms with Crippen LogP contribution in [-0.4, -0.2) is 44.5 Å². The first-order chi connectivity index (χ1) is 19.7. The molecule has 1 aliphatic carbocycles. The van der Waals surface area contributed by atoms with Crippen LogP contribution in [0.3, 0.4) is 0 Å². The molecule has 41 heavy (non-hydrogen) atoms. The molecule has 4 rings (SSSR count). The van der Waals surface area contributed by atoms with Crippen molar-refractivity contribution in [2.45, 2.75) is 56.4 Å². The summed E-state index contributed by atoms with van der Waals surface area (Å²) in [6.07, 6.45) is 7.72. The van der Waals surface area contributed by atoms with Gasteiger partial charge in [0.15, 0.2) is 11.6 Å². The number of aromatic nitrogens is 1. The molecule has 1 heterocycles. The van der Waals surface area contributed by atoms with Gasteiger partial charge in [-0.25, -0.2) is 17.9 Å². The molecule has 1 aliphatic rings. The molecular formula is C30H30F2N4O4S. The number of likely N-dealkylation sites (N-methyl/N-ethyl adjacent to an activating group) is 1. The van der Waals surface area contributed by atoms with Crippen molar-refractivity contribution < 1.29 is 28.6 Å². The Hall–Kier alpha value is -4.01. The van der Waals surface area contributed by atoms with Crippen molar-refractivity contribution in [3.8, 4) is 11.8 Å². The Morgan fingerprint density at radius 3 is 2.49 bits per heavy atom. The molecule has 1 aromatic heterocycles. The molecular weight excluding hydrogens is 550 g/mol. The average Bonchev–Trinajstić information content (AvgIpc) is 2.97. The number of aromatic hydroxyl groups is 1. The lowest BCUT2D eigenvalue weighted by atomic mass is 9.85. The van der Waals surface area contributed by atoms with Gasteiger partial charge in [0, 0.05) is 29.4 Å². The van der Waals surface area contributed by atoms with E-state index in [1.165, 1.54) is 48.4 Å². The zero-order chi connectivity index (χ0) is 29.5. The number of pyridine rings is 1. The van der Waals surface area contributed by atoms with Crippen molar-refractivity contribution >= 4 is 29.5 Å². The molecule has 1 saturated carbocycles. The minimum absolute atomic E-state index is 0.0572. The summed E-state index contributed by atoms with van der Waals surface area (Å²) in [5, 5.41) is 28.7. The van der Waals surface area contributed by atoms with E-state index in [2.05, 4.69) is 4.98 Å². The number of halogens is 2. The van der Waals surface area contributed by atoms with Crippen molar-refractivity contribution in [2.75, 3.05) is 18.0 Å². The van der Waals surface area contributed by atoms with E-state index in [1.807, 2.05) is 18.3 Å². The lowest BCUT2D eigenvalue weighted by Crippen LogP contribution is -2.38. The predicted molar refractivity (Wildman–Crippen MR) is 150 cm³/mol. The third kappa shape index (κ3) is 7.39. The van der Waals surface area contributed by atoms with E-state index < -0.39 is 34.8 Å². The zero-order valence-corrected chi connectivity index (χ0v) is 23.3. The van der Waals surface area contributed by atoms with E-state index in [-0.39, 0.29) is 29.2 Å². The van der Waals surface area contributed by atoms with Crippen molar-refractivity contribution in [3.63, 3.8) is 0 Å². The van der Waals surface area contributed by atoms with Crippen molar-refractivity contribution in [1.82, 2.24) is 9.29 Å². The molecule has 0 saturated heterocycles. The Kier molecular flexibility index (Phi) is 9.91. The Balaban J connectivity index is 1.58. The van der Waals surface area contributed by atoms with Gasteiger partial charge >= 0.3 is 5.97 Å². The van der Waals surface area contributed by atoms with Crippen LogP contribution in [0.1, 0.15) is 72.1 Å². The smallest absolute Gasteiger partial charge is 0.339 e. The summed E-state index contributed by atoms with van der Waals surface area (Å²) >= 11 is 1.00. The van der Waals surface area contributed by atoms with Crippen LogP contribution < -0.4 is 4.90 Å². The van der Waals surface area contributed by atoms with Crippen LogP contribution in [0.2, 0.25) is 0 Å². The second-order valence-electron chi connectivity index (χ2n) is 9.83. The number of phenols is 1. The summed E-state index contributed by atoms with van der Waals surface area (Å²) in [6.45, 7) is 2.03. The van der Waals surface area contributed by atoms with Crippen LogP contribution in [-0.2, 0) is 11.3 Å².